The van der Waals surface area contributed by atoms with Crippen LogP contribution in [0.4, 0.5) is 0 Å². The maximum atomic E-state index is 10.7. The van der Waals surface area contributed by atoms with Gasteiger partial charge in [-0.2, -0.15) is 0 Å². The molecule has 0 aliphatic rings. The minimum Gasteiger partial charge on any atom is -0.481 e. The van der Waals surface area contributed by atoms with Crippen LogP contribution >= 0.6 is 0 Å². The second kappa shape index (κ2) is 8.70. The van der Waals surface area contributed by atoms with Crippen LogP contribution < -0.4 is 4.74 Å². The molecule has 0 saturated carbocycles. The van der Waals surface area contributed by atoms with Crippen LogP contribution in [-0.2, 0) is 17.8 Å². The average molecular weight is 375 g/mol. The average Bonchev–Trinajstić information content (AvgIpc) is 2.66. The van der Waals surface area contributed by atoms with Crippen molar-refractivity contribution in [1.82, 2.24) is 4.98 Å². The Morgan fingerprint density at radius 1 is 0.964 bits per heavy atom. The summed E-state index contributed by atoms with van der Waals surface area (Å²) in [6, 6.07) is 16.7. The van der Waals surface area contributed by atoms with E-state index in [1.54, 1.807) is 6.20 Å². The van der Waals surface area contributed by atoms with Gasteiger partial charge in [0.05, 0.1) is 0 Å². The van der Waals surface area contributed by atoms with E-state index >= 15 is 0 Å². The molecule has 1 N–H and O–H groups in total. The quantitative estimate of drug-likeness (QED) is 0.611. The summed E-state index contributed by atoms with van der Waals surface area (Å²) in [5, 5.41) is 8.80. The molecular formula is C24H25NO3. The number of nitrogens with zero attached hydrogens (tertiary/aromatic N) is 1. The standard InChI is InChI=1S/C24H25NO3/c1-16-6-4-7-17(2)23(16)21-9-5-8-20(13-21)15-28-24-18(3)12-19(14-25-24)10-11-22(26)27/h4-9,12-14H,10-11,15H2,1-3H3,(H,26,27). The molecule has 2 aromatic carbocycles. The Morgan fingerprint density at radius 2 is 1.68 bits per heavy atom. The van der Waals surface area contributed by atoms with Crippen molar-refractivity contribution in [3.8, 4) is 17.0 Å². The number of aryl methyl sites for hydroxylation is 4. The predicted molar refractivity (Wildman–Crippen MR) is 111 cm³/mol. The van der Waals surface area contributed by atoms with Crippen LogP contribution in [0, 0.1) is 20.8 Å². The summed E-state index contributed by atoms with van der Waals surface area (Å²) in [6.45, 7) is 6.62. The molecule has 1 aromatic heterocycles. The van der Waals surface area contributed by atoms with Gasteiger partial charge in [-0.15, -0.1) is 0 Å². The third kappa shape index (κ3) is 4.77. The summed E-state index contributed by atoms with van der Waals surface area (Å²) in [5.74, 6) is -0.224. The van der Waals surface area contributed by atoms with Crippen LogP contribution in [-0.4, -0.2) is 16.1 Å². The molecule has 0 spiro atoms. The van der Waals surface area contributed by atoms with E-state index in [9.17, 15) is 4.79 Å². The van der Waals surface area contributed by atoms with Crippen molar-refractivity contribution < 1.29 is 14.6 Å². The van der Waals surface area contributed by atoms with Gasteiger partial charge in [0.25, 0.3) is 0 Å². The van der Waals surface area contributed by atoms with Gasteiger partial charge in [0.1, 0.15) is 6.61 Å². The molecule has 0 unspecified atom stereocenters. The van der Waals surface area contributed by atoms with Crippen molar-refractivity contribution in [3.05, 3.63) is 82.5 Å². The zero-order valence-corrected chi connectivity index (χ0v) is 16.5. The van der Waals surface area contributed by atoms with Crippen molar-refractivity contribution in [2.45, 2.75) is 40.2 Å². The number of rotatable bonds is 7. The molecule has 4 nitrogen and oxygen atoms in total. The van der Waals surface area contributed by atoms with Crippen molar-refractivity contribution >= 4 is 5.97 Å². The number of benzene rings is 2. The first kappa shape index (κ1) is 19.6. The van der Waals surface area contributed by atoms with E-state index in [0.29, 0.717) is 18.9 Å². The number of pyridine rings is 1. The van der Waals surface area contributed by atoms with Gasteiger partial charge in [0.2, 0.25) is 5.88 Å². The number of ether oxygens (including phenoxy) is 1. The first-order valence-electron chi connectivity index (χ1n) is 9.39. The topological polar surface area (TPSA) is 59.4 Å². The third-order valence-corrected chi connectivity index (χ3v) is 4.79. The first-order chi connectivity index (χ1) is 13.4. The smallest absolute Gasteiger partial charge is 0.303 e. The highest BCUT2D eigenvalue weighted by Crippen LogP contribution is 2.28. The number of aromatic nitrogens is 1. The zero-order valence-electron chi connectivity index (χ0n) is 16.5. The van der Waals surface area contributed by atoms with Gasteiger partial charge in [-0.1, -0.05) is 36.4 Å². The van der Waals surface area contributed by atoms with Crippen molar-refractivity contribution in [2.24, 2.45) is 0 Å². The summed E-state index contributed by atoms with van der Waals surface area (Å²) in [4.78, 5) is 15.1. The monoisotopic (exact) mass is 375 g/mol. The van der Waals surface area contributed by atoms with Gasteiger partial charge in [-0.05, 0) is 72.7 Å². The SMILES string of the molecule is Cc1cc(CCC(=O)O)cnc1OCc1cccc(-c2c(C)cccc2C)c1. The third-order valence-electron chi connectivity index (χ3n) is 4.79. The maximum absolute atomic E-state index is 10.7. The number of carboxylic acids is 1. The van der Waals surface area contributed by atoms with Gasteiger partial charge in [0.15, 0.2) is 0 Å². The Labute approximate surface area is 165 Å². The highest BCUT2D eigenvalue weighted by Gasteiger charge is 2.08. The van der Waals surface area contributed by atoms with Gasteiger partial charge in [0, 0.05) is 18.2 Å². The fourth-order valence-electron chi connectivity index (χ4n) is 3.40. The number of hydrogen-bond donors (Lipinski definition) is 1. The van der Waals surface area contributed by atoms with E-state index in [2.05, 4.69) is 55.2 Å². The van der Waals surface area contributed by atoms with Crippen LogP contribution in [0.5, 0.6) is 5.88 Å². The van der Waals surface area contributed by atoms with Gasteiger partial charge in [-0.25, -0.2) is 4.98 Å². The number of hydrogen-bond acceptors (Lipinski definition) is 3. The Bertz CT molecular complexity index is 975. The second-order valence-electron chi connectivity index (χ2n) is 7.12. The van der Waals surface area contributed by atoms with E-state index in [4.69, 9.17) is 9.84 Å². The number of carbonyl (C=O) groups is 1. The van der Waals surface area contributed by atoms with Crippen LogP contribution in [0.1, 0.15) is 34.2 Å². The number of aliphatic carboxylic acids is 1. The molecule has 0 fully saturated rings. The molecule has 3 rings (SSSR count). The molecule has 0 saturated heterocycles. The molecule has 0 bridgehead atoms. The van der Waals surface area contributed by atoms with Crippen molar-refractivity contribution in [3.63, 3.8) is 0 Å². The van der Waals surface area contributed by atoms with E-state index in [-0.39, 0.29) is 6.42 Å². The van der Waals surface area contributed by atoms with E-state index < -0.39 is 5.97 Å². The van der Waals surface area contributed by atoms with Crippen LogP contribution in [0.25, 0.3) is 11.1 Å². The Morgan fingerprint density at radius 3 is 2.36 bits per heavy atom. The molecular weight excluding hydrogens is 350 g/mol. The maximum Gasteiger partial charge on any atom is 0.303 e. The van der Waals surface area contributed by atoms with Gasteiger partial charge < -0.3 is 9.84 Å². The Balaban J connectivity index is 1.73. The minimum absolute atomic E-state index is 0.104. The van der Waals surface area contributed by atoms with Crippen LogP contribution in [0.15, 0.2) is 54.7 Å². The Hall–Kier alpha value is -3.14. The molecule has 0 atom stereocenters. The van der Waals surface area contributed by atoms with Gasteiger partial charge in [-0.3, -0.25) is 4.79 Å². The Kier molecular flexibility index (Phi) is 6.09. The molecule has 0 aliphatic heterocycles. The second-order valence-corrected chi connectivity index (χ2v) is 7.12. The van der Waals surface area contributed by atoms with Gasteiger partial charge >= 0.3 is 5.97 Å². The molecule has 1 heterocycles. The summed E-state index contributed by atoms with van der Waals surface area (Å²) in [5.41, 5.74) is 7.86. The fourth-order valence-corrected chi connectivity index (χ4v) is 3.40. The van der Waals surface area contributed by atoms with Crippen molar-refractivity contribution in [2.75, 3.05) is 0 Å². The summed E-state index contributed by atoms with van der Waals surface area (Å²) >= 11 is 0. The van der Waals surface area contributed by atoms with E-state index in [1.807, 2.05) is 19.1 Å². The molecule has 0 radical (unpaired) electrons. The normalized spacial score (nSPS) is 10.7. The summed E-state index contributed by atoms with van der Waals surface area (Å²) in [7, 11) is 0. The molecule has 3 aromatic rings. The molecule has 144 valence electrons. The number of carboxylic acid groups (broad SMARTS) is 1. The van der Waals surface area contributed by atoms with Crippen LogP contribution in [0.2, 0.25) is 0 Å². The van der Waals surface area contributed by atoms with E-state index in [1.165, 1.54) is 22.3 Å². The lowest BCUT2D eigenvalue weighted by molar-refractivity contribution is -0.136. The lowest BCUT2D eigenvalue weighted by atomic mass is 9.95. The summed E-state index contributed by atoms with van der Waals surface area (Å²) < 4.78 is 5.93. The van der Waals surface area contributed by atoms with Crippen molar-refractivity contribution in [1.29, 1.82) is 0 Å². The summed E-state index contributed by atoms with van der Waals surface area (Å²) in [6.07, 6.45) is 2.27. The predicted octanol–water partition coefficient (Wildman–Crippen LogP) is 5.27. The molecule has 28 heavy (non-hydrogen) atoms. The highest BCUT2D eigenvalue weighted by molar-refractivity contribution is 5.71. The zero-order chi connectivity index (χ0) is 20.1. The van der Waals surface area contributed by atoms with Crippen LogP contribution in [0.3, 0.4) is 0 Å². The van der Waals surface area contributed by atoms with E-state index in [0.717, 1.165) is 16.7 Å². The molecule has 4 heteroatoms. The highest BCUT2D eigenvalue weighted by atomic mass is 16.5. The fraction of sp³-hybridized carbons (Fsp3) is 0.250. The lowest BCUT2D eigenvalue weighted by Crippen LogP contribution is -2.02. The molecule has 0 aliphatic carbocycles. The lowest BCUT2D eigenvalue weighted by Gasteiger charge is -2.13. The molecule has 0 amide bonds. The minimum atomic E-state index is -0.804. The first-order valence-corrected chi connectivity index (χ1v) is 9.39. The largest absolute Gasteiger partial charge is 0.481 e.